The van der Waals surface area contributed by atoms with Gasteiger partial charge >= 0.3 is 10.2 Å². The lowest BCUT2D eigenvalue weighted by Gasteiger charge is -2.29. The highest BCUT2D eigenvalue weighted by Crippen LogP contribution is 2.46. The van der Waals surface area contributed by atoms with Crippen LogP contribution in [-0.4, -0.2) is 67.4 Å². The van der Waals surface area contributed by atoms with Gasteiger partial charge in [0.2, 0.25) is 0 Å². The molecule has 0 radical (unpaired) electrons. The van der Waals surface area contributed by atoms with Crippen molar-refractivity contribution in [2.45, 2.75) is 63.6 Å². The van der Waals surface area contributed by atoms with Crippen LogP contribution in [0.15, 0.2) is 48.0 Å². The van der Waals surface area contributed by atoms with Crippen LogP contribution in [-0.2, 0) is 21.5 Å². The molecular weight excluding hydrogens is 555 g/mol. The van der Waals surface area contributed by atoms with Crippen molar-refractivity contribution in [1.82, 2.24) is 18.5 Å². The molecule has 2 fully saturated rings. The van der Waals surface area contributed by atoms with E-state index in [1.54, 1.807) is 17.0 Å². The third-order valence-electron chi connectivity index (χ3n) is 8.94. The van der Waals surface area contributed by atoms with E-state index in [2.05, 4.69) is 15.4 Å². The molecule has 222 valence electrons. The van der Waals surface area contributed by atoms with Crippen LogP contribution in [0.5, 0.6) is 0 Å². The fraction of sp³-hybridized carbons (Fsp3) is 0.438. The first kappa shape index (κ1) is 28.6. The first-order valence-electron chi connectivity index (χ1n) is 14.8. The van der Waals surface area contributed by atoms with Crippen LogP contribution >= 0.6 is 0 Å². The molecule has 2 aliphatic heterocycles. The molecule has 0 spiro atoms. The summed E-state index contributed by atoms with van der Waals surface area (Å²) in [4.78, 5) is 28.7. The maximum atomic E-state index is 13.9. The zero-order valence-electron chi connectivity index (χ0n) is 24.1. The molecule has 6 rings (SSSR count). The maximum absolute atomic E-state index is 13.9. The molecule has 1 aromatic heterocycles. The largest absolute Gasteiger partial charge is 0.339 e. The summed E-state index contributed by atoms with van der Waals surface area (Å²) >= 11 is 0. The number of carbonyl (C=O) groups is 2. The van der Waals surface area contributed by atoms with E-state index in [-0.39, 0.29) is 11.5 Å². The Bertz CT molecular complexity index is 1680. The van der Waals surface area contributed by atoms with Gasteiger partial charge in [-0.05, 0) is 60.9 Å². The predicted octanol–water partition coefficient (Wildman–Crippen LogP) is 5.25. The minimum absolute atomic E-state index is 0.100. The van der Waals surface area contributed by atoms with E-state index in [1.165, 1.54) is 26.1 Å². The highest BCUT2D eigenvalue weighted by molar-refractivity contribution is 7.87. The number of rotatable bonds is 5. The van der Waals surface area contributed by atoms with Crippen LogP contribution in [0.25, 0.3) is 28.2 Å². The monoisotopic (exact) mass is 592 g/mol. The van der Waals surface area contributed by atoms with Gasteiger partial charge in [-0.3, -0.25) is 9.59 Å². The predicted molar refractivity (Wildman–Crippen MR) is 162 cm³/mol. The minimum atomic E-state index is -3.97. The molecule has 2 aromatic carbocycles. The van der Waals surface area contributed by atoms with Crippen molar-refractivity contribution in [3.8, 4) is 11.3 Å². The van der Waals surface area contributed by atoms with Gasteiger partial charge in [0.05, 0.1) is 12.2 Å². The first-order valence-corrected chi connectivity index (χ1v) is 16.2. The third-order valence-corrected chi connectivity index (χ3v) is 10.3. The van der Waals surface area contributed by atoms with Crippen molar-refractivity contribution >= 4 is 39.0 Å². The highest BCUT2D eigenvalue weighted by atomic mass is 32.2. The quantitative estimate of drug-likeness (QED) is 0.438. The van der Waals surface area contributed by atoms with Gasteiger partial charge in [0, 0.05) is 54.8 Å². The molecule has 0 bridgehead atoms. The number of hydrogen-bond donors (Lipinski definition) is 1. The molecular formula is C32H37FN4O4S. The van der Waals surface area contributed by atoms with Crippen molar-refractivity contribution < 1.29 is 22.4 Å². The number of benzene rings is 2. The Hall–Kier alpha value is -3.50. The van der Waals surface area contributed by atoms with Crippen LogP contribution in [0, 0.1) is 0 Å². The van der Waals surface area contributed by atoms with Crippen LogP contribution < -0.4 is 4.72 Å². The lowest BCUT2D eigenvalue weighted by atomic mass is 9.81. The highest BCUT2D eigenvalue weighted by Gasteiger charge is 2.32. The lowest BCUT2D eigenvalue weighted by Crippen LogP contribution is -2.40. The van der Waals surface area contributed by atoms with E-state index in [0.717, 1.165) is 57.7 Å². The summed E-state index contributed by atoms with van der Waals surface area (Å²) in [6, 6.07) is 13.4. The van der Waals surface area contributed by atoms with Gasteiger partial charge in [-0.25, -0.2) is 9.11 Å². The van der Waals surface area contributed by atoms with Gasteiger partial charge in [0.1, 0.15) is 6.17 Å². The van der Waals surface area contributed by atoms with E-state index >= 15 is 0 Å². The molecule has 3 aromatic rings. The van der Waals surface area contributed by atoms with E-state index in [1.807, 2.05) is 30.3 Å². The van der Waals surface area contributed by atoms with Crippen molar-refractivity contribution in [1.29, 1.82) is 0 Å². The van der Waals surface area contributed by atoms with Crippen molar-refractivity contribution in [3.05, 3.63) is 64.7 Å². The average Bonchev–Trinajstić information content (AvgIpc) is 3.19. The Balaban J connectivity index is 1.52. The number of halogens is 1. The number of alkyl halides is 1. The zero-order valence-corrected chi connectivity index (χ0v) is 24.9. The van der Waals surface area contributed by atoms with E-state index < -0.39 is 22.3 Å². The topological polar surface area (TPSA) is 91.7 Å². The SMILES string of the molecule is CN(C)S(=O)(=O)NC(=O)c1ccc2c(C3CCCCC3)c3n(c2c1)CC(C(=O)N1CCC(F)CC1)=Cc1ccccc1-3. The van der Waals surface area contributed by atoms with Gasteiger partial charge in [-0.1, -0.05) is 49.6 Å². The standard InChI is InChI=1S/C32H37FN4O4S/c1-35(2)42(40,41)34-31(38)23-12-13-27-28(19-23)37-20-24(32(39)36-16-14-25(33)15-17-36)18-22-10-6-7-11-26(22)30(37)29(27)21-8-4-3-5-9-21/h6-7,10-13,18-19,21,25H,3-5,8-9,14-17,20H2,1-2H3,(H,34,38). The Morgan fingerprint density at radius 2 is 1.69 bits per heavy atom. The van der Waals surface area contributed by atoms with E-state index in [0.29, 0.717) is 44.0 Å². The van der Waals surface area contributed by atoms with E-state index in [9.17, 15) is 22.4 Å². The minimum Gasteiger partial charge on any atom is -0.339 e. The van der Waals surface area contributed by atoms with Crippen LogP contribution in [0.1, 0.15) is 72.3 Å². The Morgan fingerprint density at radius 1 is 0.976 bits per heavy atom. The number of likely N-dealkylation sites (tertiary alicyclic amines) is 1. The zero-order chi connectivity index (χ0) is 29.6. The summed E-state index contributed by atoms with van der Waals surface area (Å²) in [5.74, 6) is -0.480. The summed E-state index contributed by atoms with van der Waals surface area (Å²) in [6.45, 7) is 1.06. The average molecular weight is 593 g/mol. The Labute approximate surface area is 246 Å². The second-order valence-electron chi connectivity index (χ2n) is 11.9. The summed E-state index contributed by atoms with van der Waals surface area (Å²) in [7, 11) is -1.25. The molecule has 8 nitrogen and oxygen atoms in total. The number of fused-ring (bicyclic) bond motifs is 5. The summed E-state index contributed by atoms with van der Waals surface area (Å²) < 4.78 is 43.9. The number of piperidine rings is 1. The molecule has 3 aliphatic rings. The molecule has 1 saturated heterocycles. The molecule has 0 unspecified atom stereocenters. The fourth-order valence-electron chi connectivity index (χ4n) is 6.67. The van der Waals surface area contributed by atoms with Gasteiger partial charge in [0.25, 0.3) is 11.8 Å². The Morgan fingerprint density at radius 3 is 2.40 bits per heavy atom. The molecule has 0 atom stereocenters. The van der Waals surface area contributed by atoms with Gasteiger partial charge < -0.3 is 9.47 Å². The number of aromatic nitrogens is 1. The van der Waals surface area contributed by atoms with Gasteiger partial charge in [-0.2, -0.15) is 12.7 Å². The molecule has 1 N–H and O–H groups in total. The van der Waals surface area contributed by atoms with Gasteiger partial charge in [-0.15, -0.1) is 0 Å². The summed E-state index contributed by atoms with van der Waals surface area (Å²) in [6.07, 6.45) is 7.40. The lowest BCUT2D eigenvalue weighted by molar-refractivity contribution is -0.128. The van der Waals surface area contributed by atoms with Crippen molar-refractivity contribution in [3.63, 3.8) is 0 Å². The van der Waals surface area contributed by atoms with Crippen LogP contribution in [0.3, 0.4) is 0 Å². The summed E-state index contributed by atoms with van der Waals surface area (Å²) in [5.41, 5.74) is 5.88. The molecule has 10 heteroatoms. The first-order chi connectivity index (χ1) is 20.1. The van der Waals surface area contributed by atoms with Crippen molar-refractivity contribution in [2.75, 3.05) is 27.2 Å². The molecule has 42 heavy (non-hydrogen) atoms. The number of amides is 2. The second kappa shape index (κ2) is 11.3. The van der Waals surface area contributed by atoms with E-state index in [4.69, 9.17) is 0 Å². The van der Waals surface area contributed by atoms with Gasteiger partial charge in [0.15, 0.2) is 0 Å². The summed E-state index contributed by atoms with van der Waals surface area (Å²) in [5, 5.41) is 1.02. The number of hydrogen-bond acceptors (Lipinski definition) is 4. The maximum Gasteiger partial charge on any atom is 0.303 e. The number of nitrogens with one attached hydrogen (secondary N) is 1. The van der Waals surface area contributed by atoms with Crippen LogP contribution in [0.4, 0.5) is 4.39 Å². The molecule has 3 heterocycles. The molecule has 2 amide bonds. The number of carbonyl (C=O) groups excluding carboxylic acids is 2. The molecule has 1 saturated carbocycles. The second-order valence-corrected chi connectivity index (χ2v) is 13.7. The van der Waals surface area contributed by atoms with Crippen molar-refractivity contribution in [2.24, 2.45) is 0 Å². The Kier molecular flexibility index (Phi) is 7.70. The molecule has 1 aliphatic carbocycles. The number of nitrogens with zero attached hydrogens (tertiary/aromatic N) is 3. The third kappa shape index (κ3) is 5.26. The smallest absolute Gasteiger partial charge is 0.303 e. The van der Waals surface area contributed by atoms with Crippen LogP contribution in [0.2, 0.25) is 0 Å². The fourth-order valence-corrected chi connectivity index (χ4v) is 7.20. The normalized spacial score (nSPS) is 18.4.